The van der Waals surface area contributed by atoms with E-state index in [1.807, 2.05) is 35.0 Å². The number of likely N-dealkylation sites (N-methyl/N-ethyl adjacent to an activating group) is 1. The van der Waals surface area contributed by atoms with Crippen LogP contribution in [0.25, 0.3) is 0 Å². The Bertz CT molecular complexity index is 1730. The number of nitrogens with zero attached hydrogens (tertiary/aromatic N) is 1. The highest BCUT2D eigenvalue weighted by atomic mass is 31.2. The van der Waals surface area contributed by atoms with Gasteiger partial charge in [-0.15, -0.1) is 0 Å². The van der Waals surface area contributed by atoms with E-state index in [-0.39, 0.29) is 38.1 Å². The number of hydrogen-bond donors (Lipinski definition) is 2. The van der Waals surface area contributed by atoms with E-state index in [0.29, 0.717) is 22.9 Å². The van der Waals surface area contributed by atoms with E-state index in [4.69, 9.17) is 18.5 Å². The molecule has 0 bridgehead atoms. The number of aliphatic hydroxyl groups is 2. The number of allylic oxidation sites excluding steroid dienone is 4. The van der Waals surface area contributed by atoms with Gasteiger partial charge >= 0.3 is 11.9 Å². The monoisotopic (exact) mass is 1130 g/mol. The predicted molar refractivity (Wildman–Crippen MR) is 327 cm³/mol. The van der Waals surface area contributed by atoms with Crippen molar-refractivity contribution in [3.05, 3.63) is 35.5 Å². The lowest BCUT2D eigenvalue weighted by atomic mass is 9.60. The lowest BCUT2D eigenvalue weighted by Crippen LogP contribution is -2.37. The van der Waals surface area contributed by atoms with Gasteiger partial charge in [-0.2, -0.15) is 0 Å². The van der Waals surface area contributed by atoms with Crippen molar-refractivity contribution in [2.75, 3.05) is 47.5 Å². The maximum absolute atomic E-state index is 12.6. The van der Waals surface area contributed by atoms with E-state index < -0.39 is 32.1 Å². The Balaban J connectivity index is 0.000000616. The first-order valence-corrected chi connectivity index (χ1v) is 34.3. The Morgan fingerprint density at radius 2 is 1.24 bits per heavy atom. The third-order valence-corrected chi connectivity index (χ3v) is 18.5. The van der Waals surface area contributed by atoms with E-state index in [1.54, 1.807) is 5.57 Å². The largest absolute Gasteiger partial charge is 0.756 e. The fourth-order valence-electron chi connectivity index (χ4n) is 12.5. The molecule has 3 saturated carbocycles. The van der Waals surface area contributed by atoms with Gasteiger partial charge < -0.3 is 38.1 Å². The molecule has 0 heterocycles. The molecule has 0 saturated heterocycles. The number of phosphoric ester groups is 1. The van der Waals surface area contributed by atoms with Gasteiger partial charge in [0.25, 0.3) is 7.82 Å². The zero-order valence-electron chi connectivity index (χ0n) is 52.7. The average Bonchev–Trinajstić information content (AvgIpc) is 3.90. The van der Waals surface area contributed by atoms with Crippen LogP contribution in [0.5, 0.6) is 0 Å². The number of ether oxygens (including phenoxy) is 2. The van der Waals surface area contributed by atoms with Crippen LogP contribution >= 0.6 is 7.82 Å². The number of carbonyl (C=O) groups excluding carboxylic acids is 2. The number of quaternary nitrogens is 1. The molecule has 0 aromatic carbocycles. The van der Waals surface area contributed by atoms with Crippen molar-refractivity contribution < 1.29 is 52.3 Å². The number of esters is 2. The van der Waals surface area contributed by atoms with Crippen LogP contribution < -0.4 is 4.89 Å². The number of rotatable bonds is 44. The number of aliphatic hydroxyl groups excluding tert-OH is 1. The summed E-state index contributed by atoms with van der Waals surface area (Å²) in [6.07, 6.45) is 48.1. The topological polar surface area (TPSA) is 152 Å². The van der Waals surface area contributed by atoms with Crippen LogP contribution in [0, 0.1) is 23.2 Å². The lowest BCUT2D eigenvalue weighted by Gasteiger charge is -2.44. The van der Waals surface area contributed by atoms with Crippen molar-refractivity contribution in [3.63, 3.8) is 0 Å². The molecule has 79 heavy (non-hydrogen) atoms. The summed E-state index contributed by atoms with van der Waals surface area (Å²) in [5, 5.41) is 20.1. The average molecular weight is 1130 g/mol. The Labute approximate surface area is 485 Å². The van der Waals surface area contributed by atoms with Crippen molar-refractivity contribution in [1.82, 2.24) is 0 Å². The lowest BCUT2D eigenvalue weighted by molar-refractivity contribution is -0.870. The smallest absolute Gasteiger partial charge is 0.306 e. The van der Waals surface area contributed by atoms with Crippen LogP contribution in [0.15, 0.2) is 35.5 Å². The molecule has 0 radical (unpaired) electrons. The van der Waals surface area contributed by atoms with Gasteiger partial charge in [0.1, 0.15) is 19.8 Å². The summed E-state index contributed by atoms with van der Waals surface area (Å²) in [5.74, 6) is 1.43. The first-order valence-electron chi connectivity index (χ1n) is 32.8. The van der Waals surface area contributed by atoms with Crippen LogP contribution in [-0.2, 0) is 32.7 Å². The maximum atomic E-state index is 12.6. The van der Waals surface area contributed by atoms with Crippen LogP contribution in [0.1, 0.15) is 292 Å². The minimum atomic E-state index is -4.61. The molecule has 0 aliphatic heterocycles. The first-order chi connectivity index (χ1) is 37.6. The van der Waals surface area contributed by atoms with Crippen LogP contribution in [0.3, 0.4) is 0 Å². The maximum Gasteiger partial charge on any atom is 0.306 e. The number of phosphoric acid groups is 1. The summed E-state index contributed by atoms with van der Waals surface area (Å²) in [4.78, 5) is 37.4. The highest BCUT2D eigenvalue weighted by molar-refractivity contribution is 7.45. The van der Waals surface area contributed by atoms with Crippen molar-refractivity contribution in [2.24, 2.45) is 23.2 Å². The zero-order valence-corrected chi connectivity index (χ0v) is 53.6. The second-order valence-corrected chi connectivity index (χ2v) is 28.0. The number of unbranched alkanes of at least 4 members (excludes halogenated alkanes) is 24. The number of carbonyl (C=O) groups is 2. The molecule has 0 aromatic rings. The quantitative estimate of drug-likeness (QED) is 0.0261. The highest BCUT2D eigenvalue weighted by Crippen LogP contribution is 2.60. The Morgan fingerprint density at radius 1 is 0.734 bits per heavy atom. The fraction of sp³-hybridized carbons (Fsp3) is 0.881. The molecule has 1 unspecified atom stereocenters. The summed E-state index contributed by atoms with van der Waals surface area (Å²) in [6.45, 7) is 17.3. The van der Waals surface area contributed by atoms with Crippen LogP contribution in [-0.4, -0.2) is 92.0 Å². The van der Waals surface area contributed by atoms with E-state index in [2.05, 4.69) is 46.4 Å². The van der Waals surface area contributed by atoms with Gasteiger partial charge in [-0.25, -0.2) is 0 Å². The molecule has 2 N–H and O–H groups in total. The van der Waals surface area contributed by atoms with Gasteiger partial charge in [0.2, 0.25) is 0 Å². The van der Waals surface area contributed by atoms with Gasteiger partial charge in [0, 0.05) is 12.8 Å². The molecule has 3 aliphatic rings. The Hall–Kier alpha value is -1.85. The minimum Gasteiger partial charge on any atom is -0.756 e. The third kappa shape index (κ3) is 35.8. The van der Waals surface area contributed by atoms with Crippen molar-refractivity contribution in [1.29, 1.82) is 0 Å². The molecule has 3 aliphatic carbocycles. The van der Waals surface area contributed by atoms with Crippen LogP contribution in [0.2, 0.25) is 0 Å². The molecule has 3 fully saturated rings. The summed E-state index contributed by atoms with van der Waals surface area (Å²) in [5.41, 5.74) is 4.02. The normalized spacial score (nSPS) is 22.3. The van der Waals surface area contributed by atoms with Gasteiger partial charge in [-0.1, -0.05) is 225 Å². The summed E-state index contributed by atoms with van der Waals surface area (Å²) in [6, 6.07) is 0. The van der Waals surface area contributed by atoms with Crippen molar-refractivity contribution in [2.45, 2.75) is 310 Å². The van der Waals surface area contributed by atoms with Gasteiger partial charge in [0.05, 0.1) is 39.5 Å². The predicted octanol–water partition coefficient (Wildman–Crippen LogP) is 17.3. The van der Waals surface area contributed by atoms with Crippen molar-refractivity contribution >= 4 is 19.8 Å². The summed E-state index contributed by atoms with van der Waals surface area (Å²) in [7, 11) is 1.18. The Morgan fingerprint density at radius 3 is 1.75 bits per heavy atom. The Kier molecular flexibility index (Phi) is 39.0. The molecule has 462 valence electrons. The fourth-order valence-corrected chi connectivity index (χ4v) is 13.2. The second-order valence-electron chi connectivity index (χ2n) is 26.6. The van der Waals surface area contributed by atoms with E-state index in [9.17, 15) is 29.3 Å². The van der Waals surface area contributed by atoms with E-state index >= 15 is 0 Å². The van der Waals surface area contributed by atoms with E-state index in [0.717, 1.165) is 82.0 Å². The molecular weight excluding hydrogens is 1010 g/mol. The molecule has 0 amide bonds. The van der Waals surface area contributed by atoms with Crippen molar-refractivity contribution in [3.8, 4) is 0 Å². The second kappa shape index (κ2) is 42.0. The molecule has 0 spiro atoms. The zero-order chi connectivity index (χ0) is 58.4. The van der Waals surface area contributed by atoms with Gasteiger partial charge in [0.15, 0.2) is 6.10 Å². The molecule has 12 heteroatoms. The van der Waals surface area contributed by atoms with Gasteiger partial charge in [-0.3, -0.25) is 14.2 Å². The van der Waals surface area contributed by atoms with Crippen LogP contribution in [0.4, 0.5) is 0 Å². The van der Waals surface area contributed by atoms with E-state index in [1.165, 1.54) is 178 Å². The molecule has 0 aromatic heterocycles. The summed E-state index contributed by atoms with van der Waals surface area (Å²) >= 11 is 0. The van der Waals surface area contributed by atoms with Gasteiger partial charge in [-0.05, 0) is 113 Å². The number of fused-ring (bicyclic) bond motifs is 1. The SMILES string of the molecule is C=C1CC[C@H](O)C/C1=C/C=C1\CCC[C@]2(C)[C@@H]([C@H](C)CCCC(C)(C)O)CC[C@@H]12.CCCCCCCCCCCCCCCC(=O)OC[C@H](COP(=O)([O-])OCC[N+](C)(C)C)OC(=O)CCCCCCCCCCCCCCC. The molecular formula is C67H124NO10P. The molecule has 7 atom stereocenters. The minimum absolute atomic E-state index is 0.0259. The third-order valence-electron chi connectivity index (χ3n) is 17.5. The highest BCUT2D eigenvalue weighted by Gasteiger charge is 2.50. The summed E-state index contributed by atoms with van der Waals surface area (Å²) < 4.78 is 33.8. The molecule has 11 nitrogen and oxygen atoms in total. The molecule has 3 rings (SSSR count). The number of hydrogen-bond acceptors (Lipinski definition) is 10. The first kappa shape index (κ1) is 73.3. The standard InChI is InChI=1S/C40H80NO8P.C27H44O2/c1-6-8-10-12-14-16-18-20-22-24-26-28-30-32-39(42)46-36-38(37-48-50(44,45)47-35-34-41(3,4)5)49-40(43)33-31-29-27-25-23-21-19-17-15-13-11-9-7-2;1-19-10-13-23(28)18-22(19)12-11-21-9-7-17-27(5)24(14-15-25(21)27)20(2)8-6-16-26(3,4)29/h38H,6-37H2,1-5H3;11-12,20,23-25,28-29H,1,6-10,13-18H2,2-5H3/b;21-11+,22-12-/t38-;20-,23+,24-,25+,27-/m11/s1.